The minimum absolute atomic E-state index is 0.0565. The number of hydrogen-bond donors (Lipinski definition) is 1. The van der Waals surface area contributed by atoms with Gasteiger partial charge < -0.3 is 10.1 Å². The summed E-state index contributed by atoms with van der Waals surface area (Å²) in [6, 6.07) is 0. The molecule has 3 aliphatic rings. The highest BCUT2D eigenvalue weighted by Gasteiger charge is 2.42. The lowest BCUT2D eigenvalue weighted by molar-refractivity contribution is -0.143. The van der Waals surface area contributed by atoms with Crippen molar-refractivity contribution in [3.8, 4) is 0 Å². The van der Waals surface area contributed by atoms with Crippen LogP contribution in [0.4, 0.5) is 0 Å². The number of nitrogens with one attached hydrogen (secondary N) is 1. The molecule has 0 aromatic heterocycles. The summed E-state index contributed by atoms with van der Waals surface area (Å²) in [4.78, 5) is 12.3. The van der Waals surface area contributed by atoms with Crippen LogP contribution < -0.4 is 5.32 Å². The van der Waals surface area contributed by atoms with Crippen LogP contribution in [0, 0.1) is 11.8 Å². The van der Waals surface area contributed by atoms with Gasteiger partial charge in [0.15, 0.2) is 0 Å². The molecular weight excluding hydrogens is 234 g/mol. The fourth-order valence-corrected chi connectivity index (χ4v) is 4.42. The van der Waals surface area contributed by atoms with E-state index in [2.05, 4.69) is 5.32 Å². The second-order valence-electron chi connectivity index (χ2n) is 5.59. The highest BCUT2D eigenvalue weighted by molar-refractivity contribution is 7.99. The van der Waals surface area contributed by atoms with Crippen LogP contribution in [-0.2, 0) is 9.53 Å². The predicted octanol–water partition coefficient (Wildman–Crippen LogP) is 1.47. The van der Waals surface area contributed by atoms with Crippen LogP contribution in [0.2, 0.25) is 0 Å². The molecule has 1 unspecified atom stereocenters. The summed E-state index contributed by atoms with van der Waals surface area (Å²) in [5.74, 6) is 3.48. The number of rotatable bonds is 2. The van der Waals surface area contributed by atoms with Gasteiger partial charge in [-0.25, -0.2) is 0 Å². The zero-order valence-electron chi connectivity index (χ0n) is 10.2. The molecular formula is C13H21NO2S. The first-order valence-electron chi connectivity index (χ1n) is 6.75. The van der Waals surface area contributed by atoms with Crippen LogP contribution in [0.25, 0.3) is 0 Å². The molecule has 1 N–H and O–H groups in total. The smallest absolute Gasteiger partial charge is 0.141 e. The molecule has 0 aromatic rings. The maximum atomic E-state index is 12.3. The maximum Gasteiger partial charge on any atom is 0.141 e. The van der Waals surface area contributed by atoms with E-state index in [1.54, 1.807) is 0 Å². The number of carbonyl (C=O) groups is 1. The van der Waals surface area contributed by atoms with E-state index < -0.39 is 0 Å². The first-order chi connectivity index (χ1) is 8.29. The van der Waals surface area contributed by atoms with Crippen molar-refractivity contribution >= 4 is 17.5 Å². The fourth-order valence-electron chi connectivity index (χ4n) is 3.19. The van der Waals surface area contributed by atoms with Crippen LogP contribution in [0.3, 0.4) is 0 Å². The predicted molar refractivity (Wildman–Crippen MR) is 69.3 cm³/mol. The number of ketones is 1. The lowest BCUT2D eigenvalue weighted by Crippen LogP contribution is -2.51. The molecule has 3 nitrogen and oxygen atoms in total. The minimum atomic E-state index is 0.0565. The number of hydrogen-bond acceptors (Lipinski definition) is 4. The van der Waals surface area contributed by atoms with Gasteiger partial charge in [0.2, 0.25) is 0 Å². The molecule has 1 atom stereocenters. The molecule has 96 valence electrons. The lowest BCUT2D eigenvalue weighted by atomic mass is 9.76. The third-order valence-corrected chi connectivity index (χ3v) is 5.47. The average molecular weight is 255 g/mol. The average Bonchev–Trinajstić information content (AvgIpc) is 2.28. The SMILES string of the molecule is O=C(C1CNC1)C1CCOC2(CCSCC2)C1. The van der Waals surface area contributed by atoms with Gasteiger partial charge in [0.1, 0.15) is 5.78 Å². The van der Waals surface area contributed by atoms with Gasteiger partial charge in [-0.3, -0.25) is 4.79 Å². The summed E-state index contributed by atoms with van der Waals surface area (Å²) in [6.45, 7) is 2.60. The molecule has 3 aliphatic heterocycles. The van der Waals surface area contributed by atoms with E-state index in [0.717, 1.165) is 45.4 Å². The summed E-state index contributed by atoms with van der Waals surface area (Å²) < 4.78 is 6.04. The largest absolute Gasteiger partial charge is 0.375 e. The summed E-state index contributed by atoms with van der Waals surface area (Å²) in [7, 11) is 0. The maximum absolute atomic E-state index is 12.3. The van der Waals surface area contributed by atoms with Crippen LogP contribution in [-0.4, -0.2) is 42.6 Å². The normalized spacial score (nSPS) is 33.3. The van der Waals surface area contributed by atoms with Crippen molar-refractivity contribution in [1.82, 2.24) is 5.32 Å². The molecule has 3 fully saturated rings. The van der Waals surface area contributed by atoms with Crippen LogP contribution in [0.1, 0.15) is 25.7 Å². The summed E-state index contributed by atoms with van der Waals surface area (Å²) in [5.41, 5.74) is 0.0565. The zero-order chi connectivity index (χ0) is 11.7. The standard InChI is InChI=1S/C13H21NO2S/c15-12(11-8-14-9-11)10-1-4-16-13(7-10)2-5-17-6-3-13/h10-11,14H,1-9H2. The van der Waals surface area contributed by atoms with Gasteiger partial charge in [0, 0.05) is 31.5 Å². The molecule has 3 heterocycles. The third kappa shape index (κ3) is 2.40. The summed E-state index contributed by atoms with van der Waals surface area (Å²) in [6.07, 6.45) is 4.22. The fraction of sp³-hybridized carbons (Fsp3) is 0.923. The highest BCUT2D eigenvalue weighted by Crippen LogP contribution is 2.40. The van der Waals surface area contributed by atoms with Gasteiger partial charge in [-0.1, -0.05) is 0 Å². The summed E-state index contributed by atoms with van der Waals surface area (Å²) in [5, 5.41) is 3.20. The van der Waals surface area contributed by atoms with Gasteiger partial charge in [-0.05, 0) is 37.2 Å². The zero-order valence-corrected chi connectivity index (χ0v) is 11.1. The molecule has 0 amide bonds. The Morgan fingerprint density at radius 2 is 2.00 bits per heavy atom. The lowest BCUT2D eigenvalue weighted by Gasteiger charge is -2.44. The molecule has 17 heavy (non-hydrogen) atoms. The van der Waals surface area contributed by atoms with Crippen molar-refractivity contribution in [1.29, 1.82) is 0 Å². The molecule has 0 saturated carbocycles. The van der Waals surface area contributed by atoms with Crippen molar-refractivity contribution in [2.75, 3.05) is 31.2 Å². The van der Waals surface area contributed by atoms with Crippen LogP contribution in [0.15, 0.2) is 0 Å². The second kappa shape index (κ2) is 4.90. The first kappa shape index (κ1) is 12.0. The number of carbonyl (C=O) groups excluding carboxylic acids is 1. The van der Waals surface area contributed by atoms with Crippen LogP contribution >= 0.6 is 11.8 Å². The molecule has 1 spiro atoms. The quantitative estimate of drug-likeness (QED) is 0.811. The molecule has 0 bridgehead atoms. The molecule has 4 heteroatoms. The van der Waals surface area contributed by atoms with Crippen molar-refractivity contribution in [3.63, 3.8) is 0 Å². The number of thioether (sulfide) groups is 1. The molecule has 0 radical (unpaired) electrons. The van der Waals surface area contributed by atoms with E-state index in [-0.39, 0.29) is 11.5 Å². The Kier molecular flexibility index (Phi) is 3.46. The van der Waals surface area contributed by atoms with E-state index in [1.165, 1.54) is 11.5 Å². The summed E-state index contributed by atoms with van der Waals surface area (Å²) >= 11 is 2.02. The Bertz CT molecular complexity index is 292. The van der Waals surface area contributed by atoms with Crippen molar-refractivity contribution in [2.45, 2.75) is 31.3 Å². The van der Waals surface area contributed by atoms with Gasteiger partial charge in [0.05, 0.1) is 5.60 Å². The molecule has 0 aliphatic carbocycles. The Labute approximate surface area is 107 Å². The van der Waals surface area contributed by atoms with Crippen molar-refractivity contribution in [3.05, 3.63) is 0 Å². The highest BCUT2D eigenvalue weighted by atomic mass is 32.2. The third-order valence-electron chi connectivity index (χ3n) is 4.48. The Morgan fingerprint density at radius 3 is 2.65 bits per heavy atom. The Morgan fingerprint density at radius 1 is 1.24 bits per heavy atom. The van der Waals surface area contributed by atoms with Crippen LogP contribution in [0.5, 0.6) is 0 Å². The van der Waals surface area contributed by atoms with Gasteiger partial charge in [-0.15, -0.1) is 0 Å². The van der Waals surface area contributed by atoms with Crippen molar-refractivity contribution in [2.24, 2.45) is 11.8 Å². The number of ether oxygens (including phenoxy) is 1. The number of Topliss-reactive ketones (excluding diaryl/α,β-unsaturated/α-hetero) is 1. The molecule has 3 rings (SSSR count). The van der Waals surface area contributed by atoms with Gasteiger partial charge in [0.25, 0.3) is 0 Å². The Hall–Kier alpha value is -0.0600. The Balaban J connectivity index is 1.64. The van der Waals surface area contributed by atoms with E-state index in [0.29, 0.717) is 11.7 Å². The van der Waals surface area contributed by atoms with E-state index >= 15 is 0 Å². The van der Waals surface area contributed by atoms with E-state index in [4.69, 9.17) is 4.74 Å². The second-order valence-corrected chi connectivity index (χ2v) is 6.82. The minimum Gasteiger partial charge on any atom is -0.375 e. The van der Waals surface area contributed by atoms with Gasteiger partial charge in [-0.2, -0.15) is 11.8 Å². The van der Waals surface area contributed by atoms with E-state index in [1.807, 2.05) is 11.8 Å². The molecule has 0 aromatic carbocycles. The van der Waals surface area contributed by atoms with E-state index in [9.17, 15) is 4.79 Å². The molecule has 3 saturated heterocycles. The monoisotopic (exact) mass is 255 g/mol. The van der Waals surface area contributed by atoms with Crippen molar-refractivity contribution < 1.29 is 9.53 Å². The topological polar surface area (TPSA) is 38.3 Å². The first-order valence-corrected chi connectivity index (χ1v) is 7.91. The van der Waals surface area contributed by atoms with Gasteiger partial charge >= 0.3 is 0 Å².